The summed E-state index contributed by atoms with van der Waals surface area (Å²) in [5.74, 6) is 0. The highest BCUT2D eigenvalue weighted by Crippen LogP contribution is 2.21. The van der Waals surface area contributed by atoms with Crippen LogP contribution in [0.1, 0.15) is 18.3 Å². The molecule has 1 rings (SSSR count). The Labute approximate surface area is 114 Å². The van der Waals surface area contributed by atoms with Gasteiger partial charge in [-0.15, -0.1) is 0 Å². The van der Waals surface area contributed by atoms with Crippen LogP contribution in [-0.2, 0) is 21.3 Å². The molecule has 0 atom stereocenters. The average molecular weight is 290 g/mol. The van der Waals surface area contributed by atoms with Crippen LogP contribution in [0.5, 0.6) is 0 Å². The zero-order valence-electron chi connectivity index (χ0n) is 11.9. The molecule has 0 bridgehead atoms. The number of nitrogens with one attached hydrogen (secondary N) is 2. The monoisotopic (exact) mass is 290 g/mol. The lowest BCUT2D eigenvalue weighted by molar-refractivity contribution is 0.138. The van der Waals surface area contributed by atoms with Crippen LogP contribution in [0.25, 0.3) is 0 Å². The van der Waals surface area contributed by atoms with Gasteiger partial charge >= 0.3 is 0 Å². The lowest BCUT2D eigenvalue weighted by Gasteiger charge is -2.17. The van der Waals surface area contributed by atoms with Crippen molar-refractivity contribution in [1.29, 1.82) is 0 Å². The predicted octanol–water partition coefficient (Wildman–Crippen LogP) is 0.0945. The fourth-order valence-corrected chi connectivity index (χ4v) is 3.19. The standard InChI is InChI=1S/C11H22N4O3S/c1-5-18-7-6-15(4)19(16,17)11-9(2)13-14-10(11)8-12-3/h12H,5-8H2,1-4H3,(H,13,14). The topological polar surface area (TPSA) is 87.3 Å². The summed E-state index contributed by atoms with van der Waals surface area (Å²) in [6, 6.07) is 0. The van der Waals surface area contributed by atoms with Crippen molar-refractivity contribution in [2.45, 2.75) is 25.3 Å². The number of rotatable bonds is 8. The van der Waals surface area contributed by atoms with Gasteiger partial charge in [0.1, 0.15) is 4.90 Å². The first kappa shape index (κ1) is 16.1. The fourth-order valence-electron chi connectivity index (χ4n) is 1.71. The molecule has 8 heteroatoms. The summed E-state index contributed by atoms with van der Waals surface area (Å²) < 4.78 is 31.4. The molecule has 0 saturated heterocycles. The summed E-state index contributed by atoms with van der Waals surface area (Å²) in [5.41, 5.74) is 1.05. The molecule has 0 saturated carbocycles. The van der Waals surface area contributed by atoms with Gasteiger partial charge in [-0.3, -0.25) is 5.10 Å². The van der Waals surface area contributed by atoms with Gasteiger partial charge < -0.3 is 10.1 Å². The lowest BCUT2D eigenvalue weighted by Crippen LogP contribution is -2.31. The van der Waals surface area contributed by atoms with Crippen molar-refractivity contribution in [2.24, 2.45) is 0 Å². The number of aromatic nitrogens is 2. The summed E-state index contributed by atoms with van der Waals surface area (Å²) in [6.45, 7) is 5.25. The highest BCUT2D eigenvalue weighted by molar-refractivity contribution is 7.89. The van der Waals surface area contributed by atoms with Crippen molar-refractivity contribution >= 4 is 10.0 Å². The van der Waals surface area contributed by atoms with Gasteiger partial charge in [-0.05, 0) is 20.9 Å². The van der Waals surface area contributed by atoms with Gasteiger partial charge in [0.2, 0.25) is 10.0 Å². The van der Waals surface area contributed by atoms with Crippen LogP contribution in [0.15, 0.2) is 4.90 Å². The summed E-state index contributed by atoms with van der Waals surface area (Å²) >= 11 is 0. The maximum Gasteiger partial charge on any atom is 0.246 e. The van der Waals surface area contributed by atoms with Crippen molar-refractivity contribution in [1.82, 2.24) is 19.8 Å². The number of sulfonamides is 1. The Morgan fingerprint density at radius 3 is 2.74 bits per heavy atom. The quantitative estimate of drug-likeness (QED) is 0.663. The molecule has 1 aromatic heterocycles. The molecule has 19 heavy (non-hydrogen) atoms. The SMILES string of the molecule is CCOCCN(C)S(=O)(=O)c1c(CNC)n[nH]c1C. The molecule has 1 heterocycles. The van der Waals surface area contributed by atoms with Crippen LogP contribution in [0.3, 0.4) is 0 Å². The zero-order chi connectivity index (χ0) is 14.5. The predicted molar refractivity (Wildman–Crippen MR) is 72.4 cm³/mol. The minimum Gasteiger partial charge on any atom is -0.380 e. The minimum atomic E-state index is -3.54. The van der Waals surface area contributed by atoms with E-state index in [1.807, 2.05) is 6.92 Å². The number of ether oxygens (including phenoxy) is 1. The Bertz CT molecular complexity index is 498. The first-order chi connectivity index (χ1) is 8.95. The van der Waals surface area contributed by atoms with Gasteiger partial charge in [0.05, 0.1) is 18.0 Å². The molecule has 0 aliphatic carbocycles. The number of hydrogen-bond acceptors (Lipinski definition) is 5. The van der Waals surface area contributed by atoms with E-state index in [0.29, 0.717) is 37.7 Å². The summed E-state index contributed by atoms with van der Waals surface area (Å²) in [5, 5.41) is 9.66. The van der Waals surface area contributed by atoms with E-state index < -0.39 is 10.0 Å². The number of aromatic amines is 1. The summed E-state index contributed by atoms with van der Waals surface area (Å²) in [6.07, 6.45) is 0. The van der Waals surface area contributed by atoms with E-state index in [9.17, 15) is 8.42 Å². The first-order valence-electron chi connectivity index (χ1n) is 6.17. The Balaban J connectivity index is 2.96. The molecular formula is C11H22N4O3S. The van der Waals surface area contributed by atoms with E-state index >= 15 is 0 Å². The molecule has 0 aliphatic heterocycles. The van der Waals surface area contributed by atoms with Crippen LogP contribution >= 0.6 is 0 Å². The van der Waals surface area contributed by atoms with Crippen molar-refractivity contribution in [3.8, 4) is 0 Å². The third-order valence-corrected chi connectivity index (χ3v) is 4.79. The van der Waals surface area contributed by atoms with Crippen molar-refractivity contribution in [3.05, 3.63) is 11.4 Å². The van der Waals surface area contributed by atoms with E-state index in [-0.39, 0.29) is 4.90 Å². The molecule has 2 N–H and O–H groups in total. The smallest absolute Gasteiger partial charge is 0.246 e. The Morgan fingerprint density at radius 1 is 1.47 bits per heavy atom. The molecule has 0 aliphatic rings. The van der Waals surface area contributed by atoms with E-state index in [1.165, 1.54) is 4.31 Å². The fraction of sp³-hybridized carbons (Fsp3) is 0.727. The van der Waals surface area contributed by atoms with Gasteiger partial charge in [0.25, 0.3) is 0 Å². The largest absolute Gasteiger partial charge is 0.380 e. The normalized spacial score (nSPS) is 12.3. The lowest BCUT2D eigenvalue weighted by atomic mass is 10.4. The summed E-state index contributed by atoms with van der Waals surface area (Å²) in [4.78, 5) is 0.251. The van der Waals surface area contributed by atoms with E-state index in [1.54, 1.807) is 21.0 Å². The first-order valence-corrected chi connectivity index (χ1v) is 7.61. The van der Waals surface area contributed by atoms with E-state index in [2.05, 4.69) is 15.5 Å². The van der Waals surface area contributed by atoms with Crippen LogP contribution in [-0.4, -0.2) is 56.8 Å². The van der Waals surface area contributed by atoms with Crippen LogP contribution in [0.4, 0.5) is 0 Å². The number of hydrogen-bond donors (Lipinski definition) is 2. The maximum atomic E-state index is 12.5. The maximum absolute atomic E-state index is 12.5. The molecule has 1 aromatic rings. The number of aryl methyl sites for hydroxylation is 1. The molecule has 0 amide bonds. The second kappa shape index (κ2) is 6.99. The van der Waals surface area contributed by atoms with Gasteiger partial charge in [-0.1, -0.05) is 0 Å². The molecule has 0 radical (unpaired) electrons. The summed E-state index contributed by atoms with van der Waals surface area (Å²) in [7, 11) is -0.245. The Hall–Kier alpha value is -0.960. The van der Waals surface area contributed by atoms with Crippen molar-refractivity contribution < 1.29 is 13.2 Å². The number of H-pyrrole nitrogens is 1. The number of likely N-dealkylation sites (N-methyl/N-ethyl adjacent to an activating group) is 1. The zero-order valence-corrected chi connectivity index (χ0v) is 12.7. The second-order valence-corrected chi connectivity index (χ2v) is 6.16. The van der Waals surface area contributed by atoms with E-state index in [4.69, 9.17) is 4.74 Å². The molecule has 0 unspecified atom stereocenters. The Kier molecular flexibility index (Phi) is 5.92. The third kappa shape index (κ3) is 3.75. The highest BCUT2D eigenvalue weighted by atomic mass is 32.2. The van der Waals surface area contributed by atoms with Crippen molar-refractivity contribution in [2.75, 3.05) is 33.9 Å². The molecule has 0 aromatic carbocycles. The molecule has 110 valence electrons. The van der Waals surface area contributed by atoms with Crippen LogP contribution in [0, 0.1) is 6.92 Å². The van der Waals surface area contributed by atoms with E-state index in [0.717, 1.165) is 0 Å². The molecular weight excluding hydrogens is 268 g/mol. The Morgan fingerprint density at radius 2 is 2.16 bits per heavy atom. The molecule has 7 nitrogen and oxygen atoms in total. The minimum absolute atomic E-state index is 0.251. The van der Waals surface area contributed by atoms with Gasteiger partial charge in [-0.25, -0.2) is 8.42 Å². The van der Waals surface area contributed by atoms with Crippen LogP contribution < -0.4 is 5.32 Å². The highest BCUT2D eigenvalue weighted by Gasteiger charge is 2.27. The third-order valence-electron chi connectivity index (χ3n) is 2.73. The van der Waals surface area contributed by atoms with Crippen molar-refractivity contribution in [3.63, 3.8) is 0 Å². The van der Waals surface area contributed by atoms with Gasteiger partial charge in [-0.2, -0.15) is 9.40 Å². The molecule has 0 fully saturated rings. The van der Waals surface area contributed by atoms with Crippen LogP contribution in [0.2, 0.25) is 0 Å². The average Bonchev–Trinajstić information content (AvgIpc) is 2.71. The van der Waals surface area contributed by atoms with Gasteiger partial charge in [0, 0.05) is 26.7 Å². The number of nitrogens with zero attached hydrogens (tertiary/aromatic N) is 2. The molecule has 0 spiro atoms. The second-order valence-electron chi connectivity index (χ2n) is 4.18. The van der Waals surface area contributed by atoms with Gasteiger partial charge in [0.15, 0.2) is 0 Å².